The molecule has 3 saturated heterocycles. The van der Waals surface area contributed by atoms with Crippen molar-refractivity contribution in [2.45, 2.75) is 76.0 Å². The highest BCUT2D eigenvalue weighted by Gasteiger charge is 2.30. The van der Waals surface area contributed by atoms with Crippen LogP contribution in [-0.2, 0) is 4.79 Å². The van der Waals surface area contributed by atoms with Crippen molar-refractivity contribution in [3.8, 4) is 11.8 Å². The first-order chi connectivity index (χ1) is 27.2. The molecule has 3 aliphatic heterocycles. The van der Waals surface area contributed by atoms with Crippen LogP contribution in [0.25, 0.3) is 10.9 Å². The summed E-state index contributed by atoms with van der Waals surface area (Å²) in [6, 6.07) is 16.7. The van der Waals surface area contributed by atoms with Crippen LogP contribution in [0.15, 0.2) is 54.7 Å². The van der Waals surface area contributed by atoms with Gasteiger partial charge in [-0.3, -0.25) is 19.8 Å². The summed E-state index contributed by atoms with van der Waals surface area (Å²) in [5.41, 5.74) is 2.49. The highest BCUT2D eigenvalue weighted by molar-refractivity contribution is 6.32. The van der Waals surface area contributed by atoms with E-state index in [0.29, 0.717) is 45.6 Å². The van der Waals surface area contributed by atoms with E-state index in [0.717, 1.165) is 106 Å². The number of benzene rings is 2. The summed E-state index contributed by atoms with van der Waals surface area (Å²) in [6.07, 6.45) is 9.82. The Bertz CT molecular complexity index is 2130. The Morgan fingerprint density at radius 1 is 0.911 bits per heavy atom. The summed E-state index contributed by atoms with van der Waals surface area (Å²) >= 11 is 12.7. The summed E-state index contributed by atoms with van der Waals surface area (Å²) in [7, 11) is 0. The van der Waals surface area contributed by atoms with Crippen molar-refractivity contribution in [1.82, 2.24) is 30.3 Å². The van der Waals surface area contributed by atoms with Crippen LogP contribution in [0.5, 0.6) is 5.75 Å². The zero-order chi connectivity index (χ0) is 38.8. The van der Waals surface area contributed by atoms with Crippen molar-refractivity contribution in [1.29, 1.82) is 5.26 Å². The predicted octanol–water partition coefficient (Wildman–Crippen LogP) is 6.73. The summed E-state index contributed by atoms with van der Waals surface area (Å²) in [6.45, 7) is 5.27. The normalized spacial score (nSPS) is 21.5. The molecular weight excluding hydrogens is 753 g/mol. The topological polar surface area (TPSA) is 149 Å². The number of halogens is 2. The van der Waals surface area contributed by atoms with Crippen LogP contribution in [0.4, 0.5) is 16.3 Å². The lowest BCUT2D eigenvalue weighted by Crippen LogP contribution is -2.49. The van der Waals surface area contributed by atoms with E-state index in [4.69, 9.17) is 33.2 Å². The maximum Gasteiger partial charge on any atom is 0.328 e. The van der Waals surface area contributed by atoms with E-state index in [9.17, 15) is 14.4 Å². The van der Waals surface area contributed by atoms with Gasteiger partial charge in [0.1, 0.15) is 11.8 Å². The number of ether oxygens (including phenoxy) is 1. The highest BCUT2D eigenvalue weighted by Crippen LogP contribution is 2.37. The van der Waals surface area contributed by atoms with Gasteiger partial charge in [0.05, 0.1) is 27.9 Å². The van der Waals surface area contributed by atoms with Gasteiger partial charge in [0.2, 0.25) is 5.91 Å². The number of amides is 4. The van der Waals surface area contributed by atoms with E-state index < -0.39 is 6.03 Å². The third kappa shape index (κ3) is 8.43. The third-order valence-electron chi connectivity index (χ3n) is 11.8. The van der Waals surface area contributed by atoms with Gasteiger partial charge in [-0.2, -0.15) is 5.26 Å². The zero-order valence-corrected chi connectivity index (χ0v) is 32.6. The molecule has 0 spiro atoms. The lowest BCUT2D eigenvalue weighted by molar-refractivity contribution is -0.120. The fourth-order valence-corrected chi connectivity index (χ4v) is 9.11. The lowest BCUT2D eigenvalue weighted by Gasteiger charge is -2.38. The van der Waals surface area contributed by atoms with Crippen molar-refractivity contribution < 1.29 is 19.1 Å². The Kier molecular flexibility index (Phi) is 11.3. The highest BCUT2D eigenvalue weighted by atomic mass is 35.5. The van der Waals surface area contributed by atoms with Crippen molar-refractivity contribution in [2.24, 2.45) is 5.92 Å². The second kappa shape index (κ2) is 16.7. The molecule has 1 saturated carbocycles. The maximum absolute atomic E-state index is 13.0. The lowest BCUT2D eigenvalue weighted by atomic mass is 9.92. The molecule has 56 heavy (non-hydrogen) atoms. The number of likely N-dealkylation sites (tertiary alicyclic amines) is 1. The number of hydrogen-bond acceptors (Lipinski definition) is 9. The van der Waals surface area contributed by atoms with Gasteiger partial charge >= 0.3 is 6.03 Å². The molecule has 8 rings (SSSR count). The van der Waals surface area contributed by atoms with Gasteiger partial charge in [-0.25, -0.2) is 4.79 Å². The van der Waals surface area contributed by atoms with E-state index >= 15 is 0 Å². The van der Waals surface area contributed by atoms with Crippen LogP contribution in [-0.4, -0.2) is 88.9 Å². The zero-order valence-electron chi connectivity index (χ0n) is 31.1. The smallest absolute Gasteiger partial charge is 0.328 e. The summed E-state index contributed by atoms with van der Waals surface area (Å²) < 4.78 is 8.39. The number of nitriles is 1. The third-order valence-corrected chi connectivity index (χ3v) is 12.3. The number of hydrogen-bond donors (Lipinski definition) is 2. The standard InChI is InChI=1S/C41H45Cl2N9O4/c42-28-21-36-33(37(22-28)52-20-14-39(53)46-41(52)55)13-19-51(36)30-11-15-49(16-12-30)25-26-9-17-50(18-10-26)38-8-7-35(47-48-38)40(54)45-29-2-5-31(6-3-29)56-32-4-1-27(24-44)34(43)23-32/h1,4,7-8,13,19,21-23,26,29-31H,2-3,5-6,9-12,14-18,20,25H2,(H,45,54)(H,46,53,55)/t29-,31-. The van der Waals surface area contributed by atoms with Gasteiger partial charge < -0.3 is 24.4 Å². The molecule has 2 aromatic carbocycles. The number of carbonyl (C=O) groups is 3. The maximum atomic E-state index is 13.0. The van der Waals surface area contributed by atoms with Gasteiger partial charge in [-0.05, 0) is 99.7 Å². The first-order valence-electron chi connectivity index (χ1n) is 19.6. The monoisotopic (exact) mass is 797 g/mol. The van der Waals surface area contributed by atoms with Crippen LogP contribution in [0.3, 0.4) is 0 Å². The van der Waals surface area contributed by atoms with Gasteiger partial charge in [0, 0.05) is 80.4 Å². The van der Waals surface area contributed by atoms with Crippen molar-refractivity contribution in [3.63, 3.8) is 0 Å². The molecule has 15 heteroatoms. The molecule has 0 radical (unpaired) electrons. The molecule has 0 atom stereocenters. The molecule has 0 unspecified atom stereocenters. The molecule has 292 valence electrons. The number of fused-ring (bicyclic) bond motifs is 1. The molecule has 4 fully saturated rings. The van der Waals surface area contributed by atoms with Crippen molar-refractivity contribution >= 4 is 63.5 Å². The Labute approximate surface area is 335 Å². The second-order valence-corrected chi connectivity index (χ2v) is 16.2. The fourth-order valence-electron chi connectivity index (χ4n) is 8.69. The van der Waals surface area contributed by atoms with E-state index in [-0.39, 0.29) is 30.4 Å². The average molecular weight is 799 g/mol. The van der Waals surface area contributed by atoms with Gasteiger partial charge in [-0.15, -0.1) is 10.2 Å². The number of imide groups is 1. The van der Waals surface area contributed by atoms with Crippen molar-refractivity contribution in [3.05, 3.63) is 76.0 Å². The minimum Gasteiger partial charge on any atom is -0.490 e. The molecule has 13 nitrogen and oxygen atoms in total. The molecule has 2 N–H and O–H groups in total. The summed E-state index contributed by atoms with van der Waals surface area (Å²) in [5.74, 6) is 1.60. The molecule has 2 aromatic heterocycles. The largest absolute Gasteiger partial charge is 0.490 e. The Hall–Kier alpha value is -4.90. The van der Waals surface area contributed by atoms with Crippen molar-refractivity contribution in [2.75, 3.05) is 49.1 Å². The van der Waals surface area contributed by atoms with E-state index in [1.165, 1.54) is 0 Å². The number of rotatable bonds is 9. The van der Waals surface area contributed by atoms with Crippen LogP contribution in [0.1, 0.15) is 79.9 Å². The number of aromatic nitrogens is 3. The minimum absolute atomic E-state index is 0.0309. The molecule has 5 heterocycles. The molecule has 4 amide bonds. The first kappa shape index (κ1) is 38.0. The fraction of sp³-hybridized carbons (Fsp3) is 0.463. The molecular formula is C41H45Cl2N9O4. The minimum atomic E-state index is -0.408. The van der Waals surface area contributed by atoms with Crippen LogP contribution in [0, 0.1) is 17.2 Å². The predicted molar refractivity (Wildman–Crippen MR) is 214 cm³/mol. The quantitative estimate of drug-likeness (QED) is 0.188. The molecule has 4 aromatic rings. The molecule has 0 bridgehead atoms. The van der Waals surface area contributed by atoms with Gasteiger partial charge in [-0.1, -0.05) is 23.2 Å². The van der Waals surface area contributed by atoms with Crippen LogP contribution < -0.4 is 25.2 Å². The average Bonchev–Trinajstić information content (AvgIpc) is 3.63. The van der Waals surface area contributed by atoms with E-state index in [2.05, 4.69) is 53.5 Å². The van der Waals surface area contributed by atoms with E-state index in [1.54, 1.807) is 29.2 Å². The van der Waals surface area contributed by atoms with Crippen LogP contribution in [0.2, 0.25) is 10.0 Å². The van der Waals surface area contributed by atoms with Crippen LogP contribution >= 0.6 is 23.2 Å². The Morgan fingerprint density at radius 3 is 2.39 bits per heavy atom. The number of anilines is 2. The Morgan fingerprint density at radius 2 is 1.70 bits per heavy atom. The number of piperidine rings is 2. The number of nitrogens with one attached hydrogen (secondary N) is 2. The van der Waals surface area contributed by atoms with Gasteiger partial charge in [0.25, 0.3) is 5.91 Å². The van der Waals surface area contributed by atoms with Gasteiger partial charge in [0.15, 0.2) is 11.5 Å². The first-order valence-corrected chi connectivity index (χ1v) is 20.4. The number of carbonyl (C=O) groups excluding carboxylic acids is 3. The summed E-state index contributed by atoms with van der Waals surface area (Å²) in [5, 5.41) is 25.3. The molecule has 1 aliphatic carbocycles. The SMILES string of the molecule is N#Cc1ccc(O[C@H]2CC[C@H](NC(=O)c3ccc(N4CCC(CN5CCC(n6ccc7c(N8CCC(=O)NC8=O)cc(Cl)cc76)CC5)CC4)nn3)CC2)cc1Cl. The molecule has 4 aliphatic rings. The number of urea groups is 1. The second-order valence-electron chi connectivity index (χ2n) is 15.4. The Balaban J connectivity index is 0.768. The summed E-state index contributed by atoms with van der Waals surface area (Å²) in [4.78, 5) is 43.8. The van der Waals surface area contributed by atoms with E-state index in [1.807, 2.05) is 18.2 Å². The number of nitrogens with zero attached hydrogens (tertiary/aromatic N) is 7.